The van der Waals surface area contributed by atoms with Gasteiger partial charge in [0.15, 0.2) is 0 Å². The van der Waals surface area contributed by atoms with E-state index in [1.165, 1.54) is 0 Å². The maximum Gasteiger partial charge on any atom is 0.228 e. The van der Waals surface area contributed by atoms with Gasteiger partial charge in [-0.3, -0.25) is 9.59 Å². The number of benzene rings is 1. The third-order valence-corrected chi connectivity index (χ3v) is 6.27. The van der Waals surface area contributed by atoms with E-state index < -0.39 is 0 Å². The molecule has 2 amide bonds. The van der Waals surface area contributed by atoms with E-state index >= 15 is 0 Å². The molecule has 1 aromatic carbocycles. The summed E-state index contributed by atoms with van der Waals surface area (Å²) < 4.78 is 0. The Hall–Kier alpha value is -1.30. The van der Waals surface area contributed by atoms with Gasteiger partial charge in [0.1, 0.15) is 0 Å². The Labute approximate surface area is 165 Å². The van der Waals surface area contributed by atoms with Gasteiger partial charge in [0.05, 0.1) is 16.6 Å². The van der Waals surface area contributed by atoms with Crippen molar-refractivity contribution in [1.29, 1.82) is 0 Å². The van der Waals surface area contributed by atoms with Crippen LogP contribution in [0.5, 0.6) is 0 Å². The minimum absolute atomic E-state index is 0. The Morgan fingerprint density at radius 2 is 1.77 bits per heavy atom. The molecule has 0 aliphatic carbocycles. The van der Waals surface area contributed by atoms with Crippen molar-refractivity contribution in [2.45, 2.75) is 19.3 Å². The standard InChI is InChI=1S/C19H24ClN3O2.ClH/c20-16-3-1-2-4-17(16)23-12-15(9-18(23)24)19(25)22-7-5-13-10-21-11-14(13)6-8-22;/h1-4,13-15,21H,5-12H2;1H/t13-,14+,15?;. The van der Waals surface area contributed by atoms with E-state index in [9.17, 15) is 9.59 Å². The van der Waals surface area contributed by atoms with Crippen LogP contribution in [-0.2, 0) is 9.59 Å². The van der Waals surface area contributed by atoms with Gasteiger partial charge in [0.25, 0.3) is 0 Å². The molecule has 4 rings (SSSR count). The molecule has 1 aromatic rings. The number of nitrogens with one attached hydrogen (secondary N) is 1. The highest BCUT2D eigenvalue weighted by Gasteiger charge is 2.39. The number of fused-ring (bicyclic) bond motifs is 1. The fraction of sp³-hybridized carbons (Fsp3) is 0.579. The highest BCUT2D eigenvalue weighted by Crippen LogP contribution is 2.33. The average Bonchev–Trinajstić information content (AvgIpc) is 3.16. The van der Waals surface area contributed by atoms with Crippen molar-refractivity contribution in [2.75, 3.05) is 37.6 Å². The molecule has 142 valence electrons. The van der Waals surface area contributed by atoms with E-state index in [4.69, 9.17) is 11.6 Å². The quantitative estimate of drug-likeness (QED) is 0.833. The van der Waals surface area contributed by atoms with Crippen molar-refractivity contribution in [2.24, 2.45) is 17.8 Å². The summed E-state index contributed by atoms with van der Waals surface area (Å²) in [5, 5.41) is 4.01. The van der Waals surface area contributed by atoms with Crippen molar-refractivity contribution in [1.82, 2.24) is 10.2 Å². The van der Waals surface area contributed by atoms with Crippen LogP contribution in [0.2, 0.25) is 5.02 Å². The molecule has 0 aromatic heterocycles. The highest BCUT2D eigenvalue weighted by molar-refractivity contribution is 6.33. The Morgan fingerprint density at radius 3 is 2.42 bits per heavy atom. The lowest BCUT2D eigenvalue weighted by Gasteiger charge is -2.24. The van der Waals surface area contributed by atoms with Crippen LogP contribution in [0.3, 0.4) is 0 Å². The molecule has 0 radical (unpaired) electrons. The smallest absolute Gasteiger partial charge is 0.228 e. The first-order valence-electron chi connectivity index (χ1n) is 9.18. The summed E-state index contributed by atoms with van der Waals surface area (Å²) in [6.07, 6.45) is 2.42. The van der Waals surface area contributed by atoms with E-state index in [0.29, 0.717) is 29.1 Å². The summed E-state index contributed by atoms with van der Waals surface area (Å²) >= 11 is 6.23. The normalized spacial score (nSPS) is 28.5. The number of para-hydroxylation sites is 1. The molecule has 0 spiro atoms. The lowest BCUT2D eigenvalue weighted by atomic mass is 9.92. The van der Waals surface area contributed by atoms with Gasteiger partial charge < -0.3 is 15.1 Å². The Bertz CT molecular complexity index is 671. The van der Waals surface area contributed by atoms with Crippen LogP contribution in [0.4, 0.5) is 5.69 Å². The van der Waals surface area contributed by atoms with E-state index in [1.807, 2.05) is 23.1 Å². The largest absolute Gasteiger partial charge is 0.342 e. The first kappa shape index (κ1) is 19.5. The SMILES string of the molecule is Cl.O=C(C1CC(=O)N(c2ccccc2Cl)C1)N1CC[C@@H]2CNC[C@@H]2CC1. The number of carbonyl (C=O) groups excluding carboxylic acids is 2. The van der Waals surface area contributed by atoms with Crippen LogP contribution >= 0.6 is 24.0 Å². The van der Waals surface area contributed by atoms with Gasteiger partial charge in [-0.1, -0.05) is 23.7 Å². The molecule has 1 unspecified atom stereocenters. The minimum atomic E-state index is -0.250. The van der Waals surface area contributed by atoms with Crippen molar-refractivity contribution in [3.8, 4) is 0 Å². The molecule has 1 N–H and O–H groups in total. The Kier molecular flexibility index (Phi) is 6.10. The van der Waals surface area contributed by atoms with Crippen LogP contribution in [-0.4, -0.2) is 49.4 Å². The molecule has 7 heteroatoms. The number of nitrogens with zero attached hydrogens (tertiary/aromatic N) is 2. The van der Waals surface area contributed by atoms with Crippen LogP contribution in [0, 0.1) is 17.8 Å². The van der Waals surface area contributed by atoms with Gasteiger partial charge in [-0.05, 0) is 49.9 Å². The van der Waals surface area contributed by atoms with Gasteiger partial charge >= 0.3 is 0 Å². The number of hydrogen-bond acceptors (Lipinski definition) is 3. The van der Waals surface area contributed by atoms with Crippen LogP contribution < -0.4 is 10.2 Å². The van der Waals surface area contributed by atoms with E-state index in [-0.39, 0.29) is 36.6 Å². The lowest BCUT2D eigenvalue weighted by molar-refractivity contribution is -0.135. The molecule has 3 aliphatic rings. The molecule has 0 saturated carbocycles. The second-order valence-corrected chi connectivity index (χ2v) is 7.85. The van der Waals surface area contributed by atoms with E-state index in [2.05, 4.69) is 5.32 Å². The number of amides is 2. The number of rotatable bonds is 2. The van der Waals surface area contributed by atoms with Crippen molar-refractivity contribution in [3.63, 3.8) is 0 Å². The summed E-state index contributed by atoms with van der Waals surface area (Å²) in [4.78, 5) is 29.1. The summed E-state index contributed by atoms with van der Waals surface area (Å²) in [6.45, 7) is 4.23. The number of anilines is 1. The summed E-state index contributed by atoms with van der Waals surface area (Å²) in [5.74, 6) is 1.27. The van der Waals surface area contributed by atoms with Gasteiger partial charge in [-0.15, -0.1) is 12.4 Å². The zero-order valence-corrected chi connectivity index (χ0v) is 16.3. The summed E-state index contributed by atoms with van der Waals surface area (Å²) in [6, 6.07) is 7.33. The van der Waals surface area contributed by atoms with Crippen LogP contribution in [0.25, 0.3) is 0 Å². The Balaban J connectivity index is 0.00000196. The molecule has 3 aliphatic heterocycles. The predicted molar refractivity (Wildman–Crippen MR) is 105 cm³/mol. The minimum Gasteiger partial charge on any atom is -0.342 e. The molecule has 5 nitrogen and oxygen atoms in total. The van der Waals surface area contributed by atoms with Crippen LogP contribution in [0.1, 0.15) is 19.3 Å². The molecule has 26 heavy (non-hydrogen) atoms. The zero-order valence-electron chi connectivity index (χ0n) is 14.7. The summed E-state index contributed by atoms with van der Waals surface area (Å²) in [7, 11) is 0. The van der Waals surface area contributed by atoms with Crippen LogP contribution in [0.15, 0.2) is 24.3 Å². The first-order valence-corrected chi connectivity index (χ1v) is 9.55. The Morgan fingerprint density at radius 1 is 1.12 bits per heavy atom. The van der Waals surface area contributed by atoms with Crippen molar-refractivity contribution in [3.05, 3.63) is 29.3 Å². The number of likely N-dealkylation sites (tertiary alicyclic amines) is 1. The van der Waals surface area contributed by atoms with E-state index in [0.717, 1.165) is 39.0 Å². The zero-order chi connectivity index (χ0) is 17.4. The van der Waals surface area contributed by atoms with E-state index in [1.54, 1.807) is 11.0 Å². The predicted octanol–water partition coefficient (Wildman–Crippen LogP) is 2.57. The maximum atomic E-state index is 13.0. The molecule has 3 fully saturated rings. The van der Waals surface area contributed by atoms with Gasteiger partial charge in [0.2, 0.25) is 11.8 Å². The molecular weight excluding hydrogens is 373 g/mol. The number of hydrogen-bond donors (Lipinski definition) is 1. The van der Waals surface area contributed by atoms with Gasteiger partial charge in [0, 0.05) is 26.1 Å². The second-order valence-electron chi connectivity index (χ2n) is 7.44. The second kappa shape index (κ2) is 8.15. The number of carbonyl (C=O) groups is 2. The average molecular weight is 398 g/mol. The third kappa shape index (κ3) is 3.71. The highest BCUT2D eigenvalue weighted by atomic mass is 35.5. The monoisotopic (exact) mass is 397 g/mol. The molecule has 3 saturated heterocycles. The fourth-order valence-corrected chi connectivity index (χ4v) is 4.71. The maximum absolute atomic E-state index is 13.0. The first-order chi connectivity index (χ1) is 12.1. The molecular formula is C19H25Cl2N3O2. The lowest BCUT2D eigenvalue weighted by Crippen LogP contribution is -2.38. The van der Waals surface area contributed by atoms with Gasteiger partial charge in [-0.2, -0.15) is 0 Å². The van der Waals surface area contributed by atoms with Crippen molar-refractivity contribution >= 4 is 41.5 Å². The molecule has 3 atom stereocenters. The topological polar surface area (TPSA) is 52.7 Å². The molecule has 0 bridgehead atoms. The van der Waals surface area contributed by atoms with Gasteiger partial charge in [-0.25, -0.2) is 0 Å². The molecule has 3 heterocycles. The fourth-order valence-electron chi connectivity index (χ4n) is 4.47. The number of halogens is 2. The third-order valence-electron chi connectivity index (χ3n) is 5.95. The summed E-state index contributed by atoms with van der Waals surface area (Å²) in [5.41, 5.74) is 0.709. The van der Waals surface area contributed by atoms with Crippen molar-refractivity contribution < 1.29 is 9.59 Å².